The summed E-state index contributed by atoms with van der Waals surface area (Å²) in [4.78, 5) is 11.2. The number of phenolic OH excluding ortho intramolecular Hbond substituents is 1. The second-order valence-electron chi connectivity index (χ2n) is 4.46. The first-order valence-electron chi connectivity index (χ1n) is 5.50. The maximum Gasteiger partial charge on any atom is 0.352 e. The summed E-state index contributed by atoms with van der Waals surface area (Å²) in [7, 11) is 0. The summed E-state index contributed by atoms with van der Waals surface area (Å²) in [5, 5.41) is 19.9. The van der Waals surface area contributed by atoms with Crippen molar-refractivity contribution in [2.24, 2.45) is 0 Å². The predicted octanol–water partition coefficient (Wildman–Crippen LogP) is 2.93. The van der Waals surface area contributed by atoms with Crippen LogP contribution in [0.4, 0.5) is 0 Å². The number of aromatic nitrogens is 1. The number of hydrogen-bond donors (Lipinski definition) is 2. The van der Waals surface area contributed by atoms with Gasteiger partial charge in [-0.3, -0.25) is 0 Å². The van der Waals surface area contributed by atoms with Gasteiger partial charge in [0.15, 0.2) is 0 Å². The Labute approximate surface area is 99.1 Å². The number of carboxylic acid groups (broad SMARTS) is 1. The van der Waals surface area contributed by atoms with Gasteiger partial charge in [-0.1, -0.05) is 6.07 Å². The van der Waals surface area contributed by atoms with Gasteiger partial charge in [-0.25, -0.2) is 4.79 Å². The SMILES string of the molecule is Cc1ccc(O)c2c1cc(C(=O)O)n2C(C)C. The Kier molecular flexibility index (Phi) is 2.58. The molecule has 90 valence electrons. The van der Waals surface area contributed by atoms with E-state index < -0.39 is 5.97 Å². The molecule has 0 atom stereocenters. The Morgan fingerprint density at radius 3 is 2.53 bits per heavy atom. The molecule has 17 heavy (non-hydrogen) atoms. The molecule has 4 nitrogen and oxygen atoms in total. The smallest absolute Gasteiger partial charge is 0.352 e. The third-order valence-electron chi connectivity index (χ3n) is 2.93. The van der Waals surface area contributed by atoms with E-state index in [1.165, 1.54) is 0 Å². The van der Waals surface area contributed by atoms with Crippen LogP contribution in [0.25, 0.3) is 10.9 Å². The average molecular weight is 233 g/mol. The highest BCUT2D eigenvalue weighted by molar-refractivity contribution is 5.98. The molecule has 0 saturated heterocycles. The summed E-state index contributed by atoms with van der Waals surface area (Å²) < 4.78 is 1.65. The topological polar surface area (TPSA) is 62.5 Å². The zero-order valence-corrected chi connectivity index (χ0v) is 10.1. The largest absolute Gasteiger partial charge is 0.506 e. The summed E-state index contributed by atoms with van der Waals surface area (Å²) in [5.74, 6) is -0.861. The van der Waals surface area contributed by atoms with Gasteiger partial charge < -0.3 is 14.8 Å². The van der Waals surface area contributed by atoms with Gasteiger partial charge in [-0.15, -0.1) is 0 Å². The van der Waals surface area contributed by atoms with E-state index in [4.69, 9.17) is 0 Å². The minimum absolute atomic E-state index is 0.0219. The molecule has 1 aromatic carbocycles. The fourth-order valence-corrected chi connectivity index (χ4v) is 2.16. The molecule has 0 amide bonds. The van der Waals surface area contributed by atoms with Crippen LogP contribution < -0.4 is 0 Å². The van der Waals surface area contributed by atoms with Crippen molar-refractivity contribution in [1.29, 1.82) is 0 Å². The van der Waals surface area contributed by atoms with Crippen molar-refractivity contribution in [3.63, 3.8) is 0 Å². The zero-order valence-electron chi connectivity index (χ0n) is 10.1. The number of nitrogens with zero attached hydrogens (tertiary/aromatic N) is 1. The molecule has 0 saturated carbocycles. The molecule has 1 heterocycles. The maximum atomic E-state index is 11.2. The van der Waals surface area contributed by atoms with Crippen molar-refractivity contribution in [3.05, 3.63) is 29.5 Å². The molecular formula is C13H15NO3. The number of aryl methyl sites for hydroxylation is 1. The van der Waals surface area contributed by atoms with E-state index in [9.17, 15) is 15.0 Å². The van der Waals surface area contributed by atoms with Gasteiger partial charge in [0.25, 0.3) is 0 Å². The number of fused-ring (bicyclic) bond motifs is 1. The van der Waals surface area contributed by atoms with Crippen molar-refractivity contribution in [2.75, 3.05) is 0 Å². The molecule has 0 fully saturated rings. The monoisotopic (exact) mass is 233 g/mol. The van der Waals surface area contributed by atoms with Gasteiger partial charge >= 0.3 is 5.97 Å². The first-order chi connectivity index (χ1) is 7.93. The van der Waals surface area contributed by atoms with E-state index in [1.54, 1.807) is 22.8 Å². The van der Waals surface area contributed by atoms with Crippen LogP contribution in [0.15, 0.2) is 18.2 Å². The van der Waals surface area contributed by atoms with Gasteiger partial charge in [-0.2, -0.15) is 0 Å². The predicted molar refractivity (Wildman–Crippen MR) is 65.7 cm³/mol. The number of benzene rings is 1. The minimum Gasteiger partial charge on any atom is -0.506 e. The number of phenols is 1. The van der Waals surface area contributed by atoms with Crippen molar-refractivity contribution in [3.8, 4) is 5.75 Å². The zero-order chi connectivity index (χ0) is 12.7. The van der Waals surface area contributed by atoms with E-state index in [0.29, 0.717) is 5.52 Å². The molecule has 0 aliphatic heterocycles. The van der Waals surface area contributed by atoms with Crippen LogP contribution in [0.2, 0.25) is 0 Å². The first-order valence-corrected chi connectivity index (χ1v) is 5.50. The van der Waals surface area contributed by atoms with E-state index in [-0.39, 0.29) is 17.5 Å². The molecule has 4 heteroatoms. The van der Waals surface area contributed by atoms with Crippen LogP contribution >= 0.6 is 0 Å². The summed E-state index contributed by atoms with van der Waals surface area (Å²) in [6.07, 6.45) is 0. The summed E-state index contributed by atoms with van der Waals surface area (Å²) in [5.41, 5.74) is 1.76. The summed E-state index contributed by atoms with van der Waals surface area (Å²) in [6, 6.07) is 4.98. The third kappa shape index (κ3) is 1.65. The van der Waals surface area contributed by atoms with E-state index >= 15 is 0 Å². The number of hydrogen-bond acceptors (Lipinski definition) is 2. The van der Waals surface area contributed by atoms with Gasteiger partial charge in [0.2, 0.25) is 0 Å². The highest BCUT2D eigenvalue weighted by Gasteiger charge is 2.19. The Balaban J connectivity index is 2.95. The van der Waals surface area contributed by atoms with E-state index in [0.717, 1.165) is 10.9 Å². The lowest BCUT2D eigenvalue weighted by molar-refractivity contribution is 0.0684. The minimum atomic E-state index is -0.978. The fraction of sp³-hybridized carbons (Fsp3) is 0.308. The van der Waals surface area contributed by atoms with Crippen LogP contribution in [0, 0.1) is 6.92 Å². The van der Waals surface area contributed by atoms with E-state index in [2.05, 4.69) is 0 Å². The molecular weight excluding hydrogens is 218 g/mol. The van der Waals surface area contributed by atoms with Crippen molar-refractivity contribution in [2.45, 2.75) is 26.8 Å². The molecule has 2 aromatic rings. The maximum absolute atomic E-state index is 11.2. The second kappa shape index (κ2) is 3.80. The molecule has 0 bridgehead atoms. The molecule has 0 unspecified atom stereocenters. The molecule has 1 aromatic heterocycles. The molecule has 2 N–H and O–H groups in total. The van der Waals surface area contributed by atoms with Gasteiger partial charge in [-0.05, 0) is 38.5 Å². The van der Waals surface area contributed by atoms with Crippen LogP contribution in [-0.2, 0) is 0 Å². The average Bonchev–Trinajstić information content (AvgIpc) is 2.64. The Morgan fingerprint density at radius 1 is 1.35 bits per heavy atom. The Morgan fingerprint density at radius 2 is 2.00 bits per heavy atom. The molecule has 2 rings (SSSR count). The van der Waals surface area contributed by atoms with Crippen LogP contribution in [0.1, 0.15) is 35.9 Å². The number of aromatic hydroxyl groups is 1. The highest BCUT2D eigenvalue weighted by Crippen LogP contribution is 2.33. The lowest BCUT2D eigenvalue weighted by atomic mass is 10.1. The van der Waals surface area contributed by atoms with Crippen molar-refractivity contribution >= 4 is 16.9 Å². The van der Waals surface area contributed by atoms with Crippen LogP contribution in [0.3, 0.4) is 0 Å². The normalized spacial score (nSPS) is 11.3. The Hall–Kier alpha value is -1.97. The summed E-state index contributed by atoms with van der Waals surface area (Å²) >= 11 is 0. The van der Waals surface area contributed by atoms with Gasteiger partial charge in [0, 0.05) is 11.4 Å². The van der Waals surface area contributed by atoms with Crippen molar-refractivity contribution < 1.29 is 15.0 Å². The van der Waals surface area contributed by atoms with Gasteiger partial charge in [0.1, 0.15) is 11.4 Å². The lowest BCUT2D eigenvalue weighted by Gasteiger charge is -2.13. The fourth-order valence-electron chi connectivity index (χ4n) is 2.16. The molecule has 0 aliphatic rings. The number of rotatable bonds is 2. The van der Waals surface area contributed by atoms with Crippen molar-refractivity contribution in [1.82, 2.24) is 4.57 Å². The van der Waals surface area contributed by atoms with Gasteiger partial charge in [0.05, 0.1) is 5.52 Å². The quantitative estimate of drug-likeness (QED) is 0.838. The van der Waals surface area contributed by atoms with Crippen LogP contribution in [-0.4, -0.2) is 20.7 Å². The standard InChI is InChI=1S/C13H15NO3/c1-7(2)14-10(13(16)17)6-9-8(3)4-5-11(15)12(9)14/h4-7,15H,1-3H3,(H,16,17). The number of carboxylic acids is 1. The Bertz CT molecular complexity index is 596. The molecule has 0 aliphatic carbocycles. The lowest BCUT2D eigenvalue weighted by Crippen LogP contribution is -2.10. The molecule has 0 spiro atoms. The summed E-state index contributed by atoms with van der Waals surface area (Å²) in [6.45, 7) is 5.69. The number of carbonyl (C=O) groups is 1. The highest BCUT2D eigenvalue weighted by atomic mass is 16.4. The third-order valence-corrected chi connectivity index (χ3v) is 2.93. The van der Waals surface area contributed by atoms with Crippen LogP contribution in [0.5, 0.6) is 5.75 Å². The molecule has 0 radical (unpaired) electrons. The van der Waals surface area contributed by atoms with E-state index in [1.807, 2.05) is 20.8 Å². The second-order valence-corrected chi connectivity index (χ2v) is 4.46. The first kappa shape index (κ1) is 11.5. The number of aromatic carboxylic acids is 1.